The first kappa shape index (κ1) is 13.5. The van der Waals surface area contributed by atoms with Gasteiger partial charge in [-0.2, -0.15) is 0 Å². The fourth-order valence-corrected chi connectivity index (χ4v) is 2.07. The molecule has 0 amide bonds. The first-order valence-corrected chi connectivity index (χ1v) is 6.35. The molecule has 0 aliphatic heterocycles. The van der Waals surface area contributed by atoms with E-state index in [9.17, 15) is 0 Å². The summed E-state index contributed by atoms with van der Waals surface area (Å²) >= 11 is 3.54. The lowest BCUT2D eigenvalue weighted by Gasteiger charge is -2.31. The van der Waals surface area contributed by atoms with Crippen LogP contribution in [0.25, 0.3) is 0 Å². The monoisotopic (exact) mass is 286 g/mol. The Hall–Kier alpha value is -0.610. The lowest BCUT2D eigenvalue weighted by Crippen LogP contribution is -2.35. The predicted molar refractivity (Wildman–Crippen MR) is 70.9 cm³/mol. The Labute approximate surface area is 106 Å². The highest BCUT2D eigenvalue weighted by atomic mass is 79.9. The first-order valence-electron chi connectivity index (χ1n) is 5.55. The van der Waals surface area contributed by atoms with Gasteiger partial charge >= 0.3 is 0 Å². The minimum Gasteiger partial charge on any atom is -0.383 e. The number of hydrogen-bond acceptors (Lipinski definition) is 3. The van der Waals surface area contributed by atoms with Gasteiger partial charge in [0.2, 0.25) is 0 Å². The molecule has 0 radical (unpaired) electrons. The van der Waals surface area contributed by atoms with Crippen LogP contribution in [0.15, 0.2) is 22.9 Å². The Morgan fingerprint density at radius 3 is 2.88 bits per heavy atom. The summed E-state index contributed by atoms with van der Waals surface area (Å²) in [6.07, 6.45) is 4.76. The molecule has 3 nitrogen and oxygen atoms in total. The molecule has 0 aliphatic rings. The lowest BCUT2D eigenvalue weighted by molar-refractivity contribution is 0.203. The summed E-state index contributed by atoms with van der Waals surface area (Å²) in [4.78, 5) is 6.43. The molecule has 0 N–H and O–H groups in total. The van der Waals surface area contributed by atoms with Crippen molar-refractivity contribution < 1.29 is 4.74 Å². The highest BCUT2D eigenvalue weighted by molar-refractivity contribution is 9.10. The van der Waals surface area contributed by atoms with Gasteiger partial charge in [0, 0.05) is 32.1 Å². The summed E-state index contributed by atoms with van der Waals surface area (Å²) in [5, 5.41) is 0. The molecule has 0 saturated heterocycles. The Balaban J connectivity index is 2.87. The van der Waals surface area contributed by atoms with Crippen molar-refractivity contribution in [2.75, 3.05) is 25.2 Å². The number of nitrogens with zero attached hydrogens (tertiary/aromatic N) is 2. The van der Waals surface area contributed by atoms with Crippen molar-refractivity contribution >= 4 is 21.6 Å². The van der Waals surface area contributed by atoms with Crippen molar-refractivity contribution in [1.29, 1.82) is 0 Å². The number of methoxy groups -OCH3 is 1. The predicted octanol–water partition coefficient (Wildman–Crippen LogP) is 3.10. The molecule has 16 heavy (non-hydrogen) atoms. The van der Waals surface area contributed by atoms with Crippen LogP contribution in [0.4, 0.5) is 5.69 Å². The molecule has 0 aromatic carbocycles. The molecule has 0 saturated carbocycles. The molecule has 90 valence electrons. The van der Waals surface area contributed by atoms with E-state index >= 15 is 0 Å². The van der Waals surface area contributed by atoms with Crippen molar-refractivity contribution in [1.82, 2.24) is 4.98 Å². The van der Waals surface area contributed by atoms with Crippen molar-refractivity contribution in [3.05, 3.63) is 22.9 Å². The van der Waals surface area contributed by atoms with Crippen LogP contribution in [-0.4, -0.2) is 31.3 Å². The number of halogens is 1. The fourth-order valence-electron chi connectivity index (χ4n) is 1.59. The van der Waals surface area contributed by atoms with Crippen molar-refractivity contribution in [3.8, 4) is 0 Å². The molecular formula is C12H19BrN2O. The summed E-state index contributed by atoms with van der Waals surface area (Å²) < 4.78 is 6.19. The molecule has 1 aromatic rings. The van der Waals surface area contributed by atoms with Gasteiger partial charge in [-0.1, -0.05) is 6.92 Å². The van der Waals surface area contributed by atoms with Gasteiger partial charge in [-0.3, -0.25) is 4.98 Å². The quantitative estimate of drug-likeness (QED) is 0.804. The minimum absolute atomic E-state index is 0.494. The van der Waals surface area contributed by atoms with Crippen LogP contribution in [-0.2, 0) is 4.74 Å². The zero-order chi connectivity index (χ0) is 12.0. The number of rotatable bonds is 6. The normalized spacial score (nSPS) is 12.5. The molecule has 1 atom stereocenters. The van der Waals surface area contributed by atoms with Gasteiger partial charge in [-0.25, -0.2) is 0 Å². The maximum absolute atomic E-state index is 5.16. The van der Waals surface area contributed by atoms with E-state index in [-0.39, 0.29) is 0 Å². The average Bonchev–Trinajstić information content (AvgIpc) is 2.31. The molecule has 0 fully saturated rings. The zero-order valence-electron chi connectivity index (χ0n) is 10.1. The SMILES string of the molecule is CCC(C)N(CCOC)c1ccncc1Br. The third-order valence-corrected chi connectivity index (χ3v) is 3.33. The number of pyridine rings is 1. The van der Waals surface area contributed by atoms with E-state index in [1.807, 2.05) is 18.5 Å². The van der Waals surface area contributed by atoms with Crippen LogP contribution in [0, 0.1) is 0 Å². The molecule has 1 aromatic heterocycles. The van der Waals surface area contributed by atoms with Crippen LogP contribution in [0.5, 0.6) is 0 Å². The van der Waals surface area contributed by atoms with Gasteiger partial charge in [0.1, 0.15) is 0 Å². The van der Waals surface area contributed by atoms with Gasteiger partial charge in [-0.05, 0) is 35.3 Å². The standard InChI is InChI=1S/C12H19BrN2O/c1-4-10(2)15(7-8-16-3)12-5-6-14-9-11(12)13/h5-6,9-10H,4,7-8H2,1-3H3. The molecule has 0 bridgehead atoms. The van der Waals surface area contributed by atoms with E-state index in [2.05, 4.69) is 39.7 Å². The fraction of sp³-hybridized carbons (Fsp3) is 0.583. The average molecular weight is 287 g/mol. The van der Waals surface area contributed by atoms with Crippen LogP contribution in [0.2, 0.25) is 0 Å². The molecule has 0 aliphatic carbocycles. The Morgan fingerprint density at radius 1 is 1.56 bits per heavy atom. The van der Waals surface area contributed by atoms with Gasteiger partial charge in [0.05, 0.1) is 16.8 Å². The summed E-state index contributed by atoms with van der Waals surface area (Å²) in [6, 6.07) is 2.53. The van der Waals surface area contributed by atoms with Crippen molar-refractivity contribution in [2.45, 2.75) is 26.3 Å². The second-order valence-corrected chi connectivity index (χ2v) is 4.62. The van der Waals surface area contributed by atoms with E-state index in [0.717, 1.165) is 24.0 Å². The summed E-state index contributed by atoms with van der Waals surface area (Å²) in [5.74, 6) is 0. The number of ether oxygens (including phenoxy) is 1. The van der Waals surface area contributed by atoms with E-state index in [0.29, 0.717) is 6.04 Å². The lowest BCUT2D eigenvalue weighted by atomic mass is 10.2. The number of aromatic nitrogens is 1. The largest absolute Gasteiger partial charge is 0.383 e. The molecular weight excluding hydrogens is 268 g/mol. The third kappa shape index (κ3) is 3.46. The van der Waals surface area contributed by atoms with Gasteiger partial charge in [0.15, 0.2) is 0 Å². The number of anilines is 1. The van der Waals surface area contributed by atoms with Crippen molar-refractivity contribution in [3.63, 3.8) is 0 Å². The second kappa shape index (κ2) is 6.86. The maximum Gasteiger partial charge on any atom is 0.0637 e. The van der Waals surface area contributed by atoms with E-state index in [4.69, 9.17) is 4.74 Å². The van der Waals surface area contributed by atoms with Crippen molar-refractivity contribution in [2.24, 2.45) is 0 Å². The highest BCUT2D eigenvalue weighted by Crippen LogP contribution is 2.26. The molecule has 1 unspecified atom stereocenters. The topological polar surface area (TPSA) is 25.4 Å². The number of hydrogen-bond donors (Lipinski definition) is 0. The van der Waals surface area contributed by atoms with Crippen LogP contribution in [0.3, 0.4) is 0 Å². The van der Waals surface area contributed by atoms with E-state index in [1.165, 1.54) is 5.69 Å². The van der Waals surface area contributed by atoms with Gasteiger partial charge < -0.3 is 9.64 Å². The first-order chi connectivity index (χ1) is 7.70. The molecule has 4 heteroatoms. The molecule has 0 spiro atoms. The summed E-state index contributed by atoms with van der Waals surface area (Å²) in [6.45, 7) is 6.05. The smallest absolute Gasteiger partial charge is 0.0637 e. The Bertz CT molecular complexity index is 320. The molecule has 1 rings (SSSR count). The zero-order valence-corrected chi connectivity index (χ0v) is 11.7. The third-order valence-electron chi connectivity index (χ3n) is 2.72. The van der Waals surface area contributed by atoms with Crippen LogP contribution in [0.1, 0.15) is 20.3 Å². The van der Waals surface area contributed by atoms with Crippen LogP contribution >= 0.6 is 15.9 Å². The molecule has 1 heterocycles. The summed E-state index contributed by atoms with van der Waals surface area (Å²) in [7, 11) is 1.73. The Morgan fingerprint density at radius 2 is 2.31 bits per heavy atom. The van der Waals surface area contributed by atoms with E-state index < -0.39 is 0 Å². The van der Waals surface area contributed by atoms with Crippen LogP contribution < -0.4 is 4.90 Å². The second-order valence-electron chi connectivity index (χ2n) is 3.77. The summed E-state index contributed by atoms with van der Waals surface area (Å²) in [5.41, 5.74) is 1.18. The maximum atomic E-state index is 5.16. The van der Waals surface area contributed by atoms with Gasteiger partial charge in [-0.15, -0.1) is 0 Å². The van der Waals surface area contributed by atoms with Gasteiger partial charge in [0.25, 0.3) is 0 Å². The van der Waals surface area contributed by atoms with E-state index in [1.54, 1.807) is 7.11 Å². The minimum atomic E-state index is 0.494. The Kier molecular flexibility index (Phi) is 5.77. The highest BCUT2D eigenvalue weighted by Gasteiger charge is 2.14.